The Labute approximate surface area is 238 Å². The molecule has 2 amide bonds. The molecule has 0 atom stereocenters. The highest BCUT2D eigenvalue weighted by Crippen LogP contribution is 2.39. The third-order valence-electron chi connectivity index (χ3n) is 8.10. The Morgan fingerprint density at radius 2 is 1.73 bits per heavy atom. The Morgan fingerprint density at radius 3 is 2.49 bits per heavy atom. The van der Waals surface area contributed by atoms with Crippen molar-refractivity contribution in [1.29, 1.82) is 0 Å². The largest absolute Gasteiger partial charge is 0.369 e. The average Bonchev–Trinajstić information content (AvgIpc) is 3.35. The van der Waals surface area contributed by atoms with E-state index in [9.17, 15) is 14.0 Å². The lowest BCUT2D eigenvalue weighted by Gasteiger charge is -2.26. The first kappa shape index (κ1) is 26.7. The number of hydrogen-bond donors (Lipinski definition) is 3. The molecule has 0 radical (unpaired) electrons. The number of rotatable bonds is 7. The number of aromatic amines is 1. The molecule has 7 heteroatoms. The summed E-state index contributed by atoms with van der Waals surface area (Å²) in [5, 5.41) is 5.08. The van der Waals surface area contributed by atoms with Crippen LogP contribution >= 0.6 is 0 Å². The summed E-state index contributed by atoms with van der Waals surface area (Å²) in [4.78, 5) is 31.0. The molecule has 4 N–H and O–H groups in total. The number of aromatic nitrogens is 1. The van der Waals surface area contributed by atoms with Gasteiger partial charge in [0.15, 0.2) is 0 Å². The van der Waals surface area contributed by atoms with Crippen molar-refractivity contribution in [2.75, 3.05) is 18.4 Å². The molecule has 41 heavy (non-hydrogen) atoms. The van der Waals surface area contributed by atoms with Gasteiger partial charge in [0.05, 0.1) is 11.9 Å². The summed E-state index contributed by atoms with van der Waals surface area (Å²) in [5.41, 5.74) is 13.6. The molecule has 0 spiro atoms. The van der Waals surface area contributed by atoms with E-state index in [1.165, 1.54) is 49.1 Å². The Morgan fingerprint density at radius 1 is 0.951 bits per heavy atom. The quantitative estimate of drug-likeness (QED) is 0.211. The predicted octanol–water partition coefficient (Wildman–Crippen LogP) is 6.70. The third kappa shape index (κ3) is 5.45. The molecule has 208 valence electrons. The van der Waals surface area contributed by atoms with Crippen LogP contribution in [-0.2, 0) is 17.8 Å². The highest BCUT2D eigenvalue weighted by molar-refractivity contribution is 6.16. The van der Waals surface area contributed by atoms with Gasteiger partial charge in [-0.2, -0.15) is 0 Å². The lowest BCUT2D eigenvalue weighted by Crippen LogP contribution is -2.29. The van der Waals surface area contributed by atoms with Crippen LogP contribution in [0.4, 0.5) is 10.1 Å². The normalized spacial score (nSPS) is 14.0. The fourth-order valence-corrected chi connectivity index (χ4v) is 6.01. The van der Waals surface area contributed by atoms with E-state index in [2.05, 4.69) is 33.4 Å². The number of halogens is 1. The van der Waals surface area contributed by atoms with Crippen molar-refractivity contribution >= 4 is 39.3 Å². The average molecular weight is 549 g/mol. The zero-order chi connectivity index (χ0) is 28.5. The molecule has 1 saturated heterocycles. The van der Waals surface area contributed by atoms with Crippen LogP contribution in [0.5, 0.6) is 0 Å². The number of benzene rings is 4. The van der Waals surface area contributed by atoms with Gasteiger partial charge in [0.2, 0.25) is 5.91 Å². The van der Waals surface area contributed by atoms with Gasteiger partial charge in [0.25, 0.3) is 5.91 Å². The number of H-pyrrole nitrogens is 1. The minimum Gasteiger partial charge on any atom is -0.369 e. The number of hydrogen-bond acceptors (Lipinski definition) is 3. The van der Waals surface area contributed by atoms with E-state index in [0.717, 1.165) is 63.7 Å². The van der Waals surface area contributed by atoms with Crippen molar-refractivity contribution in [2.45, 2.75) is 39.2 Å². The standard InChI is InChI=1S/C34H33FN4O2/c1-21-26(6-5-7-29(21)38-34(41)23-9-12-25(35)13-10-23)27-15-11-24(19-31(36)40)33-32(27)28-14-8-22(18-30(28)37-33)20-39-16-3-2-4-17-39/h5-15,18,37H,2-4,16-17,19-20H2,1H3,(H2,36,40)(H,38,41). The number of carbonyl (C=O) groups is 2. The predicted molar refractivity (Wildman–Crippen MR) is 162 cm³/mol. The van der Waals surface area contributed by atoms with Crippen LogP contribution in [0.25, 0.3) is 32.9 Å². The zero-order valence-corrected chi connectivity index (χ0v) is 23.1. The maximum absolute atomic E-state index is 13.4. The first-order valence-corrected chi connectivity index (χ1v) is 14.1. The van der Waals surface area contributed by atoms with Crippen LogP contribution in [0, 0.1) is 12.7 Å². The number of anilines is 1. The lowest BCUT2D eigenvalue weighted by molar-refractivity contribution is -0.117. The Kier molecular flexibility index (Phi) is 7.28. The number of likely N-dealkylation sites (tertiary alicyclic amines) is 1. The Hall–Kier alpha value is -4.49. The number of piperidine rings is 1. The lowest BCUT2D eigenvalue weighted by atomic mass is 9.92. The second-order valence-corrected chi connectivity index (χ2v) is 10.9. The Balaban J connectivity index is 1.43. The van der Waals surface area contributed by atoms with E-state index in [1.807, 2.05) is 37.3 Å². The van der Waals surface area contributed by atoms with Crippen LogP contribution in [0.15, 0.2) is 72.8 Å². The van der Waals surface area contributed by atoms with E-state index >= 15 is 0 Å². The molecule has 6 nitrogen and oxygen atoms in total. The van der Waals surface area contributed by atoms with Crippen molar-refractivity contribution in [3.8, 4) is 11.1 Å². The molecule has 0 unspecified atom stereocenters. The minimum absolute atomic E-state index is 0.136. The molecular weight excluding hydrogens is 515 g/mol. The molecule has 5 aromatic rings. The van der Waals surface area contributed by atoms with Gasteiger partial charge in [0, 0.05) is 34.1 Å². The fraction of sp³-hybridized carbons (Fsp3) is 0.235. The van der Waals surface area contributed by atoms with Gasteiger partial charge >= 0.3 is 0 Å². The summed E-state index contributed by atoms with van der Waals surface area (Å²) >= 11 is 0. The number of nitrogens with zero attached hydrogens (tertiary/aromatic N) is 1. The summed E-state index contributed by atoms with van der Waals surface area (Å²) in [5.74, 6) is -1.08. The molecule has 1 aliphatic heterocycles. The number of nitrogens with two attached hydrogens (primary N) is 1. The van der Waals surface area contributed by atoms with E-state index in [0.29, 0.717) is 11.3 Å². The van der Waals surface area contributed by atoms with Crippen LogP contribution < -0.4 is 11.1 Å². The molecule has 4 aromatic carbocycles. The van der Waals surface area contributed by atoms with Gasteiger partial charge in [-0.3, -0.25) is 14.5 Å². The second-order valence-electron chi connectivity index (χ2n) is 10.9. The topological polar surface area (TPSA) is 91.2 Å². The summed E-state index contributed by atoms with van der Waals surface area (Å²) in [6, 6.07) is 21.9. The number of carbonyl (C=O) groups excluding carboxylic acids is 2. The molecule has 0 bridgehead atoms. The monoisotopic (exact) mass is 548 g/mol. The van der Waals surface area contributed by atoms with E-state index in [4.69, 9.17) is 5.73 Å². The van der Waals surface area contributed by atoms with Crippen LogP contribution in [0.2, 0.25) is 0 Å². The first-order valence-electron chi connectivity index (χ1n) is 14.1. The summed E-state index contributed by atoms with van der Waals surface area (Å²) < 4.78 is 13.4. The zero-order valence-electron chi connectivity index (χ0n) is 23.1. The van der Waals surface area contributed by atoms with E-state index < -0.39 is 0 Å². The Bertz CT molecular complexity index is 1770. The molecule has 1 fully saturated rings. The van der Waals surface area contributed by atoms with Gasteiger partial charge in [-0.1, -0.05) is 42.8 Å². The van der Waals surface area contributed by atoms with Gasteiger partial charge < -0.3 is 16.0 Å². The SMILES string of the molecule is Cc1c(NC(=O)c2ccc(F)cc2)cccc1-c1ccc(CC(N)=O)c2[nH]c3cc(CN4CCCCC4)ccc3c12. The van der Waals surface area contributed by atoms with Crippen LogP contribution in [0.3, 0.4) is 0 Å². The van der Waals surface area contributed by atoms with Crippen LogP contribution in [0.1, 0.15) is 46.3 Å². The highest BCUT2D eigenvalue weighted by atomic mass is 19.1. The number of amides is 2. The van der Waals surface area contributed by atoms with E-state index in [-0.39, 0.29) is 24.1 Å². The first-order chi connectivity index (χ1) is 19.9. The molecule has 6 rings (SSSR count). The number of nitrogens with one attached hydrogen (secondary N) is 2. The molecule has 2 heterocycles. The maximum atomic E-state index is 13.4. The van der Waals surface area contributed by atoms with E-state index in [1.54, 1.807) is 0 Å². The van der Waals surface area contributed by atoms with Crippen molar-refractivity contribution in [3.63, 3.8) is 0 Å². The number of fused-ring (bicyclic) bond motifs is 3. The minimum atomic E-state index is -0.388. The summed E-state index contributed by atoms with van der Waals surface area (Å²) in [6.45, 7) is 5.15. The summed E-state index contributed by atoms with van der Waals surface area (Å²) in [7, 11) is 0. The van der Waals surface area contributed by atoms with Gasteiger partial charge in [-0.25, -0.2) is 4.39 Å². The second kappa shape index (κ2) is 11.2. The van der Waals surface area contributed by atoms with Crippen molar-refractivity contribution < 1.29 is 14.0 Å². The third-order valence-corrected chi connectivity index (χ3v) is 8.10. The molecular formula is C34H33FN4O2. The fourth-order valence-electron chi connectivity index (χ4n) is 6.01. The molecule has 0 aliphatic carbocycles. The maximum Gasteiger partial charge on any atom is 0.255 e. The van der Waals surface area contributed by atoms with Gasteiger partial charge in [-0.15, -0.1) is 0 Å². The van der Waals surface area contributed by atoms with Crippen molar-refractivity contribution in [1.82, 2.24) is 9.88 Å². The van der Waals surface area contributed by atoms with Crippen LogP contribution in [-0.4, -0.2) is 34.8 Å². The van der Waals surface area contributed by atoms with Gasteiger partial charge in [0.1, 0.15) is 5.82 Å². The van der Waals surface area contributed by atoms with Gasteiger partial charge in [-0.05, 0) is 97.1 Å². The molecule has 1 aromatic heterocycles. The van der Waals surface area contributed by atoms with Crippen molar-refractivity contribution in [3.05, 3.63) is 101 Å². The summed E-state index contributed by atoms with van der Waals surface area (Å²) in [6.07, 6.45) is 3.94. The highest BCUT2D eigenvalue weighted by Gasteiger charge is 2.19. The number of primary amides is 1. The smallest absolute Gasteiger partial charge is 0.255 e. The molecule has 0 saturated carbocycles. The van der Waals surface area contributed by atoms with Crippen molar-refractivity contribution in [2.24, 2.45) is 5.73 Å². The molecule has 1 aliphatic rings.